The van der Waals surface area contributed by atoms with Crippen LogP contribution in [0.15, 0.2) is 30.8 Å². The summed E-state index contributed by atoms with van der Waals surface area (Å²) in [5.41, 5.74) is 0.920. The minimum absolute atomic E-state index is 0. The third-order valence-corrected chi connectivity index (χ3v) is 1.66. The van der Waals surface area contributed by atoms with E-state index in [-0.39, 0.29) is 23.1 Å². The van der Waals surface area contributed by atoms with Crippen molar-refractivity contribution in [1.29, 1.82) is 0 Å². The predicted octanol–water partition coefficient (Wildman–Crippen LogP) is 0.319. The van der Waals surface area contributed by atoms with Gasteiger partial charge >= 0.3 is 23.1 Å². The zero-order chi connectivity index (χ0) is 8.97. The molecular weight excluding hydrogens is 200 g/mol. The topological polar surface area (TPSA) is 43.4 Å². The van der Waals surface area contributed by atoms with Gasteiger partial charge in [0, 0.05) is 0 Å². The van der Waals surface area contributed by atoms with Gasteiger partial charge < -0.3 is 4.18 Å². The number of hydrogen-bond donors (Lipinski definition) is 1. The summed E-state index contributed by atoms with van der Waals surface area (Å²) in [4.78, 5) is 0. The van der Waals surface area contributed by atoms with Gasteiger partial charge in [-0.2, -0.15) is 8.42 Å². The van der Waals surface area contributed by atoms with E-state index >= 15 is 0 Å². The van der Waals surface area contributed by atoms with Gasteiger partial charge in [-0.1, -0.05) is 24.8 Å². The first-order valence-corrected chi connectivity index (χ1v) is 4.37. The predicted molar refractivity (Wildman–Crippen MR) is 56.0 cm³/mol. The summed E-state index contributed by atoms with van der Waals surface area (Å²) in [5.74, 6) is 0.316. The Labute approximate surface area is 94.7 Å². The van der Waals surface area contributed by atoms with Gasteiger partial charge in [-0.25, -0.2) is 0 Å². The highest BCUT2D eigenvalue weighted by Gasteiger charge is 1.92. The van der Waals surface area contributed by atoms with Crippen molar-refractivity contribution in [3.05, 3.63) is 36.4 Å². The molecule has 13 heavy (non-hydrogen) atoms. The first kappa shape index (κ1) is 12.5. The second kappa shape index (κ2) is 6.01. The zero-order valence-electron chi connectivity index (χ0n) is 6.27. The Morgan fingerprint density at radius 2 is 1.77 bits per heavy atom. The van der Waals surface area contributed by atoms with Gasteiger partial charge in [0.05, 0.1) is 0 Å². The van der Waals surface area contributed by atoms with Gasteiger partial charge in [0.25, 0.3) is 11.0 Å². The molecule has 0 bridgehead atoms. The van der Waals surface area contributed by atoms with E-state index in [4.69, 9.17) is 0 Å². The smallest absolute Gasteiger partial charge is 0.316 e. The normalized spacial score (nSPS) is 9.00. The van der Waals surface area contributed by atoms with Crippen molar-refractivity contribution >= 4 is 40.1 Å². The minimum Gasteiger partial charge on any atom is -0.384 e. The summed E-state index contributed by atoms with van der Waals surface area (Å²) in [7, 11) is -2.82. The maximum Gasteiger partial charge on any atom is 0.316 e. The molecule has 0 aliphatic carbocycles. The summed E-state index contributed by atoms with van der Waals surface area (Å²) in [6.07, 6.45) is 1.67. The Kier molecular flexibility index (Phi) is 5.77. The van der Waals surface area contributed by atoms with Crippen LogP contribution in [0.25, 0.3) is 6.08 Å². The molecule has 0 saturated heterocycles. The van der Waals surface area contributed by atoms with Gasteiger partial charge in [-0.05, 0) is 17.7 Å². The lowest BCUT2D eigenvalue weighted by Gasteiger charge is -1.96. The SMILES string of the molecule is C=Cc1ccc(O[SH](=O)=O)cc1.[MgH2]. The van der Waals surface area contributed by atoms with Gasteiger partial charge in [-0.15, -0.1) is 0 Å². The molecule has 5 heteroatoms. The molecule has 0 fully saturated rings. The molecule has 0 saturated carbocycles. The van der Waals surface area contributed by atoms with Gasteiger partial charge in [0.15, 0.2) is 0 Å². The first-order valence-electron chi connectivity index (χ1n) is 3.27. The summed E-state index contributed by atoms with van der Waals surface area (Å²) in [5, 5.41) is 0. The third-order valence-electron chi connectivity index (χ3n) is 1.30. The molecular formula is C8H10MgO3S. The second-order valence-corrected chi connectivity index (χ2v) is 2.72. The van der Waals surface area contributed by atoms with Crippen LogP contribution in [0.1, 0.15) is 5.56 Å². The van der Waals surface area contributed by atoms with Crippen molar-refractivity contribution in [2.75, 3.05) is 0 Å². The van der Waals surface area contributed by atoms with Crippen LogP contribution in [0, 0.1) is 0 Å². The van der Waals surface area contributed by atoms with E-state index in [1.807, 2.05) is 0 Å². The lowest BCUT2D eigenvalue weighted by Crippen LogP contribution is -1.88. The van der Waals surface area contributed by atoms with E-state index in [9.17, 15) is 8.42 Å². The van der Waals surface area contributed by atoms with E-state index in [1.165, 1.54) is 0 Å². The number of benzene rings is 1. The molecule has 0 aliphatic rings. The summed E-state index contributed by atoms with van der Waals surface area (Å²) >= 11 is 0. The fourth-order valence-electron chi connectivity index (χ4n) is 0.751. The van der Waals surface area contributed by atoms with Crippen molar-refractivity contribution in [3.63, 3.8) is 0 Å². The molecule has 0 atom stereocenters. The Morgan fingerprint density at radius 1 is 1.23 bits per heavy atom. The Morgan fingerprint density at radius 3 is 2.15 bits per heavy atom. The van der Waals surface area contributed by atoms with Crippen LogP contribution in [-0.2, 0) is 11.0 Å². The average Bonchev–Trinajstić information content (AvgIpc) is 2.05. The van der Waals surface area contributed by atoms with Crippen molar-refractivity contribution < 1.29 is 12.6 Å². The van der Waals surface area contributed by atoms with E-state index in [0.29, 0.717) is 5.75 Å². The van der Waals surface area contributed by atoms with Gasteiger partial charge in [0.2, 0.25) is 0 Å². The Balaban J connectivity index is 0.00000144. The second-order valence-electron chi connectivity index (χ2n) is 2.09. The number of rotatable bonds is 3. The molecule has 3 nitrogen and oxygen atoms in total. The van der Waals surface area contributed by atoms with E-state index < -0.39 is 11.0 Å². The molecule has 0 amide bonds. The molecule has 0 unspecified atom stereocenters. The molecule has 1 aromatic rings. The van der Waals surface area contributed by atoms with Crippen molar-refractivity contribution in [2.45, 2.75) is 0 Å². The Bertz CT molecular complexity index is 335. The number of hydrogen-bond acceptors (Lipinski definition) is 3. The van der Waals surface area contributed by atoms with Crippen LogP contribution in [0.2, 0.25) is 0 Å². The highest BCUT2D eigenvalue weighted by Crippen LogP contribution is 2.12. The van der Waals surface area contributed by atoms with Crippen LogP contribution in [-0.4, -0.2) is 31.5 Å². The van der Waals surface area contributed by atoms with Crippen molar-refractivity contribution in [3.8, 4) is 5.75 Å². The monoisotopic (exact) mass is 210 g/mol. The highest BCUT2D eigenvalue weighted by molar-refractivity contribution is 7.67. The summed E-state index contributed by atoms with van der Waals surface area (Å²) in [6.45, 7) is 3.56. The van der Waals surface area contributed by atoms with Crippen LogP contribution in [0.4, 0.5) is 0 Å². The molecule has 0 N–H and O–H groups in total. The van der Waals surface area contributed by atoms with Crippen LogP contribution < -0.4 is 4.18 Å². The average molecular weight is 211 g/mol. The fraction of sp³-hybridized carbons (Fsp3) is 0. The minimum atomic E-state index is -2.82. The Hall–Kier alpha value is -0.524. The summed E-state index contributed by atoms with van der Waals surface area (Å²) in [6, 6.07) is 6.59. The quantitative estimate of drug-likeness (QED) is 0.577. The largest absolute Gasteiger partial charge is 0.384 e. The standard InChI is InChI=1S/C8H8O3S.Mg.2H/c1-2-7-3-5-8(6-4-7)11-12(9)10;;;/h2-6,12H,1H2;;;. The summed E-state index contributed by atoms with van der Waals surface area (Å²) < 4.78 is 24.7. The molecule has 1 aromatic carbocycles. The lowest BCUT2D eigenvalue weighted by molar-refractivity contribution is 0.510. The molecule has 0 spiro atoms. The third kappa shape index (κ3) is 4.30. The molecule has 68 valence electrons. The highest BCUT2D eigenvalue weighted by atomic mass is 32.2. The van der Waals surface area contributed by atoms with Crippen LogP contribution in [0.3, 0.4) is 0 Å². The maximum atomic E-state index is 10.1. The van der Waals surface area contributed by atoms with Gasteiger partial charge in [0.1, 0.15) is 5.75 Å². The van der Waals surface area contributed by atoms with Crippen molar-refractivity contribution in [2.24, 2.45) is 0 Å². The fourth-order valence-corrected chi connectivity index (χ4v) is 1.04. The zero-order valence-corrected chi connectivity index (χ0v) is 7.16. The first-order chi connectivity index (χ1) is 5.72. The molecule has 0 radical (unpaired) electrons. The van der Waals surface area contributed by atoms with E-state index in [1.54, 1.807) is 30.3 Å². The number of thiol groups is 1. The maximum absolute atomic E-state index is 10.1. The van der Waals surface area contributed by atoms with Crippen molar-refractivity contribution in [1.82, 2.24) is 0 Å². The van der Waals surface area contributed by atoms with Gasteiger partial charge in [-0.3, -0.25) is 0 Å². The molecule has 0 heterocycles. The molecule has 0 aliphatic heterocycles. The molecule has 1 rings (SSSR count). The van der Waals surface area contributed by atoms with Crippen LogP contribution >= 0.6 is 0 Å². The molecule has 0 aromatic heterocycles. The van der Waals surface area contributed by atoms with Crippen LogP contribution in [0.5, 0.6) is 5.75 Å². The van der Waals surface area contributed by atoms with E-state index in [2.05, 4.69) is 10.8 Å². The van der Waals surface area contributed by atoms with E-state index in [0.717, 1.165) is 5.56 Å². The lowest BCUT2D eigenvalue weighted by atomic mass is 10.2.